The minimum absolute atomic E-state index is 0.104. The van der Waals surface area contributed by atoms with E-state index >= 15 is 0 Å². The molecule has 0 radical (unpaired) electrons. The van der Waals surface area contributed by atoms with Gasteiger partial charge in [0.1, 0.15) is 18.1 Å². The highest BCUT2D eigenvalue weighted by atomic mass is 16.5. The van der Waals surface area contributed by atoms with E-state index in [4.69, 9.17) is 9.47 Å². The van der Waals surface area contributed by atoms with Crippen molar-refractivity contribution in [2.75, 3.05) is 25.2 Å². The number of phenolic OH excluding ortho intramolecular Hbond substituents is 1. The van der Waals surface area contributed by atoms with Crippen LogP contribution in [0.1, 0.15) is 41.7 Å². The van der Waals surface area contributed by atoms with Crippen molar-refractivity contribution in [2.45, 2.75) is 38.5 Å². The van der Waals surface area contributed by atoms with Gasteiger partial charge < -0.3 is 19.9 Å². The Kier molecular flexibility index (Phi) is 8.25. The predicted molar refractivity (Wildman–Crippen MR) is 151 cm³/mol. The Hall–Kier alpha value is -4.77. The fourth-order valence-corrected chi connectivity index (χ4v) is 4.93. The van der Waals surface area contributed by atoms with Crippen LogP contribution in [0, 0.1) is 0 Å². The molecule has 212 valence electrons. The average molecular weight is 558 g/mol. The molecule has 1 aliphatic heterocycles. The van der Waals surface area contributed by atoms with E-state index in [1.165, 1.54) is 35.7 Å². The van der Waals surface area contributed by atoms with Crippen LogP contribution in [0.15, 0.2) is 66.7 Å². The number of carbonyl (C=O) groups is 3. The molecule has 1 fully saturated rings. The van der Waals surface area contributed by atoms with Crippen molar-refractivity contribution in [3.8, 4) is 11.5 Å². The number of phenols is 1. The summed E-state index contributed by atoms with van der Waals surface area (Å²) in [7, 11) is 1.41. The number of carbonyl (C=O) groups excluding carboxylic acids is 3. The lowest BCUT2D eigenvalue weighted by Gasteiger charge is -2.32. The Balaban J connectivity index is 1.58. The van der Waals surface area contributed by atoms with Crippen LogP contribution in [0.5, 0.6) is 11.5 Å². The number of amides is 2. The van der Waals surface area contributed by atoms with E-state index in [-0.39, 0.29) is 36.5 Å². The number of aromatic nitrogens is 3. The molecule has 0 bridgehead atoms. The molecule has 41 heavy (non-hydrogen) atoms. The Labute approximate surface area is 236 Å². The van der Waals surface area contributed by atoms with Crippen LogP contribution in [0.2, 0.25) is 0 Å². The molecular weight excluding hydrogens is 526 g/mol. The van der Waals surface area contributed by atoms with Gasteiger partial charge in [0.15, 0.2) is 17.3 Å². The average Bonchev–Trinajstić information content (AvgIpc) is 3.65. The first-order valence-corrected chi connectivity index (χ1v) is 13.3. The summed E-state index contributed by atoms with van der Waals surface area (Å²) in [6.07, 6.45) is 1.62. The summed E-state index contributed by atoms with van der Waals surface area (Å²) in [6.45, 7) is 2.17. The van der Waals surface area contributed by atoms with Gasteiger partial charge in [0.25, 0.3) is 0 Å². The van der Waals surface area contributed by atoms with Crippen molar-refractivity contribution >= 4 is 34.3 Å². The quantitative estimate of drug-likeness (QED) is 0.283. The molecule has 2 heterocycles. The van der Waals surface area contributed by atoms with Gasteiger partial charge >= 0.3 is 0 Å². The van der Waals surface area contributed by atoms with Crippen molar-refractivity contribution in [2.24, 2.45) is 0 Å². The molecule has 5 rings (SSSR count). The SMILES string of the molecule is COc1cc([C@@H](C(=O)NC[C@H]2CCCO2)N(C(=O)Cn2nnc3ccccc32)c2ccc(C(C)=O)cc2)ccc1O. The molecule has 1 aliphatic rings. The lowest BCUT2D eigenvalue weighted by molar-refractivity contribution is -0.127. The maximum atomic E-state index is 14.2. The van der Waals surface area contributed by atoms with Crippen LogP contribution < -0.4 is 15.0 Å². The molecule has 3 aromatic carbocycles. The van der Waals surface area contributed by atoms with Gasteiger partial charge in [-0.1, -0.05) is 23.4 Å². The first-order chi connectivity index (χ1) is 19.9. The number of ether oxygens (including phenoxy) is 2. The van der Waals surface area contributed by atoms with E-state index in [1.807, 2.05) is 18.2 Å². The summed E-state index contributed by atoms with van der Waals surface area (Å²) in [5.74, 6) is -0.965. The van der Waals surface area contributed by atoms with Crippen LogP contribution in [0.3, 0.4) is 0 Å². The largest absolute Gasteiger partial charge is 0.504 e. The highest BCUT2D eigenvalue weighted by Crippen LogP contribution is 2.34. The van der Waals surface area contributed by atoms with E-state index in [9.17, 15) is 19.5 Å². The molecule has 11 nitrogen and oxygen atoms in total. The van der Waals surface area contributed by atoms with E-state index in [0.29, 0.717) is 34.5 Å². The lowest BCUT2D eigenvalue weighted by atomic mass is 10.0. The minimum atomic E-state index is -1.16. The molecule has 2 atom stereocenters. The monoisotopic (exact) mass is 557 g/mol. The zero-order valence-electron chi connectivity index (χ0n) is 22.8. The number of aromatic hydroxyl groups is 1. The fourth-order valence-electron chi connectivity index (χ4n) is 4.93. The topological polar surface area (TPSA) is 136 Å². The number of para-hydroxylation sites is 1. The zero-order valence-corrected chi connectivity index (χ0v) is 22.8. The van der Waals surface area contributed by atoms with Gasteiger partial charge in [0.05, 0.1) is 18.7 Å². The van der Waals surface area contributed by atoms with Gasteiger partial charge in [-0.2, -0.15) is 0 Å². The molecule has 0 unspecified atom stereocenters. The molecule has 1 aromatic heterocycles. The maximum absolute atomic E-state index is 14.2. The Morgan fingerprint density at radius 2 is 1.93 bits per heavy atom. The van der Waals surface area contributed by atoms with Crippen LogP contribution >= 0.6 is 0 Å². The van der Waals surface area contributed by atoms with Gasteiger partial charge in [-0.05, 0) is 73.9 Å². The summed E-state index contributed by atoms with van der Waals surface area (Å²) in [5, 5.41) is 21.5. The molecule has 4 aromatic rings. The number of rotatable bonds is 10. The van der Waals surface area contributed by atoms with E-state index in [1.54, 1.807) is 36.4 Å². The number of ketones is 1. The van der Waals surface area contributed by atoms with Crippen molar-refractivity contribution in [1.29, 1.82) is 0 Å². The minimum Gasteiger partial charge on any atom is -0.504 e. The standard InChI is InChI=1S/C30H31N5O6/c1-19(36)20-9-12-22(13-10-20)35(28(38)18-34-25-8-4-3-7-24(25)32-33-34)29(21-11-14-26(37)27(16-21)40-2)30(39)31-17-23-6-5-15-41-23/h3-4,7-14,16,23,29,37H,5-6,15,17-18H2,1-2H3,(H,31,39)/t23-,29+/m1/s1. The van der Waals surface area contributed by atoms with Crippen LogP contribution in [0.4, 0.5) is 5.69 Å². The number of hydrogen-bond donors (Lipinski definition) is 2. The second-order valence-electron chi connectivity index (χ2n) is 9.82. The van der Waals surface area contributed by atoms with Gasteiger partial charge in [-0.3, -0.25) is 19.3 Å². The van der Waals surface area contributed by atoms with Crippen molar-refractivity contribution < 1.29 is 29.0 Å². The number of fused-ring (bicyclic) bond motifs is 1. The lowest BCUT2D eigenvalue weighted by Crippen LogP contribution is -2.46. The van der Waals surface area contributed by atoms with Gasteiger partial charge in [-0.25, -0.2) is 4.68 Å². The summed E-state index contributed by atoms with van der Waals surface area (Å²) in [5.41, 5.74) is 2.57. The van der Waals surface area contributed by atoms with E-state index < -0.39 is 17.9 Å². The van der Waals surface area contributed by atoms with E-state index in [2.05, 4.69) is 15.6 Å². The summed E-state index contributed by atoms with van der Waals surface area (Å²) in [6, 6.07) is 17.1. The third kappa shape index (κ3) is 6.04. The van der Waals surface area contributed by atoms with Crippen LogP contribution in [-0.4, -0.2) is 64.1 Å². The number of anilines is 1. The first kappa shape index (κ1) is 27.8. The maximum Gasteiger partial charge on any atom is 0.249 e. The third-order valence-corrected chi connectivity index (χ3v) is 7.08. The first-order valence-electron chi connectivity index (χ1n) is 13.3. The van der Waals surface area contributed by atoms with Gasteiger partial charge in [0, 0.05) is 24.4 Å². The van der Waals surface area contributed by atoms with Crippen LogP contribution in [-0.2, 0) is 20.9 Å². The zero-order chi connectivity index (χ0) is 28.9. The Bertz CT molecular complexity index is 1560. The molecule has 1 saturated heterocycles. The summed E-state index contributed by atoms with van der Waals surface area (Å²) >= 11 is 0. The highest BCUT2D eigenvalue weighted by molar-refractivity contribution is 6.02. The van der Waals surface area contributed by atoms with E-state index in [0.717, 1.165) is 12.8 Å². The molecule has 2 N–H and O–H groups in total. The predicted octanol–water partition coefficient (Wildman–Crippen LogP) is 3.42. The van der Waals surface area contributed by atoms with Crippen molar-refractivity contribution in [3.05, 3.63) is 77.9 Å². The number of methoxy groups -OCH3 is 1. The molecule has 2 amide bonds. The Morgan fingerprint density at radius 1 is 1.15 bits per heavy atom. The molecular formula is C30H31N5O6. The number of Topliss-reactive ketones (excluding diaryl/α,β-unsaturated/α-hetero) is 1. The Morgan fingerprint density at radius 3 is 2.63 bits per heavy atom. The summed E-state index contributed by atoms with van der Waals surface area (Å²) in [4.78, 5) is 41.4. The van der Waals surface area contributed by atoms with Gasteiger partial charge in [-0.15, -0.1) is 5.10 Å². The van der Waals surface area contributed by atoms with Crippen molar-refractivity contribution in [1.82, 2.24) is 20.3 Å². The molecule has 11 heteroatoms. The second-order valence-corrected chi connectivity index (χ2v) is 9.82. The number of nitrogens with zero attached hydrogens (tertiary/aromatic N) is 4. The smallest absolute Gasteiger partial charge is 0.249 e. The number of nitrogens with one attached hydrogen (secondary N) is 1. The molecule has 0 spiro atoms. The fraction of sp³-hybridized carbons (Fsp3) is 0.300. The van der Waals surface area contributed by atoms with Crippen molar-refractivity contribution in [3.63, 3.8) is 0 Å². The number of benzene rings is 3. The second kappa shape index (κ2) is 12.2. The third-order valence-electron chi connectivity index (χ3n) is 7.08. The molecule has 0 aliphatic carbocycles. The normalized spacial score (nSPS) is 15.4. The summed E-state index contributed by atoms with van der Waals surface area (Å²) < 4.78 is 12.5. The van der Waals surface area contributed by atoms with Crippen LogP contribution in [0.25, 0.3) is 11.0 Å². The van der Waals surface area contributed by atoms with Gasteiger partial charge in [0.2, 0.25) is 11.8 Å². The number of hydrogen-bond acceptors (Lipinski definition) is 8. The highest BCUT2D eigenvalue weighted by Gasteiger charge is 2.34. The molecule has 0 saturated carbocycles.